The molecule has 1 aliphatic rings. The van der Waals surface area contributed by atoms with Crippen molar-refractivity contribution in [1.29, 1.82) is 0 Å². The zero-order valence-corrected chi connectivity index (χ0v) is 9.95. The molecule has 1 unspecified atom stereocenters. The van der Waals surface area contributed by atoms with E-state index in [-0.39, 0.29) is 6.10 Å². The van der Waals surface area contributed by atoms with Crippen molar-refractivity contribution in [2.24, 2.45) is 0 Å². The summed E-state index contributed by atoms with van der Waals surface area (Å²) in [6.07, 6.45) is 1.75. The molecule has 0 amide bonds. The van der Waals surface area contributed by atoms with Gasteiger partial charge in [-0.2, -0.15) is 0 Å². The van der Waals surface area contributed by atoms with Gasteiger partial charge in [-0.15, -0.1) is 0 Å². The third-order valence-corrected chi connectivity index (χ3v) is 3.21. The predicted octanol–water partition coefficient (Wildman–Crippen LogP) is 1.88. The number of piperidine rings is 1. The molecule has 0 aromatic heterocycles. The van der Waals surface area contributed by atoms with Gasteiger partial charge in [-0.3, -0.25) is 4.90 Å². The molecule has 1 aromatic rings. The Labute approximate surface area is 101 Å². The van der Waals surface area contributed by atoms with E-state index in [2.05, 4.69) is 4.90 Å². The smallest absolute Gasteiger partial charge is 0.0667 e. The lowest BCUT2D eigenvalue weighted by Gasteiger charge is -2.30. The number of benzene rings is 1. The van der Waals surface area contributed by atoms with Crippen LogP contribution in [0.1, 0.15) is 18.4 Å². The van der Waals surface area contributed by atoms with Gasteiger partial charge < -0.3 is 10.8 Å². The Bertz CT molecular complexity index is 370. The summed E-state index contributed by atoms with van der Waals surface area (Å²) in [5.41, 5.74) is 7.70. The lowest BCUT2D eigenvalue weighted by atomic mass is 10.1. The van der Waals surface area contributed by atoms with Crippen molar-refractivity contribution >= 4 is 17.3 Å². The SMILES string of the molecule is Nc1ccc(Cl)cc1CN1CCCC(O)C1. The minimum Gasteiger partial charge on any atom is -0.398 e. The molecule has 1 atom stereocenters. The number of likely N-dealkylation sites (tertiary alicyclic amines) is 1. The molecular weight excluding hydrogens is 224 g/mol. The maximum absolute atomic E-state index is 9.58. The second kappa shape index (κ2) is 5.04. The van der Waals surface area contributed by atoms with Crippen LogP contribution in [0.4, 0.5) is 5.69 Å². The van der Waals surface area contributed by atoms with Crippen LogP contribution in [0.25, 0.3) is 0 Å². The number of aliphatic hydroxyl groups is 1. The van der Waals surface area contributed by atoms with Gasteiger partial charge in [0.1, 0.15) is 0 Å². The minimum atomic E-state index is -0.200. The summed E-state index contributed by atoms with van der Waals surface area (Å²) in [7, 11) is 0. The van der Waals surface area contributed by atoms with Crippen LogP contribution >= 0.6 is 11.6 Å². The highest BCUT2D eigenvalue weighted by Crippen LogP contribution is 2.21. The zero-order valence-electron chi connectivity index (χ0n) is 9.19. The Hall–Kier alpha value is -0.770. The molecule has 4 heteroatoms. The van der Waals surface area contributed by atoms with E-state index in [0.717, 1.165) is 43.7 Å². The number of aliphatic hydroxyl groups excluding tert-OH is 1. The van der Waals surface area contributed by atoms with Gasteiger partial charge in [-0.25, -0.2) is 0 Å². The Morgan fingerprint density at radius 2 is 2.31 bits per heavy atom. The largest absolute Gasteiger partial charge is 0.398 e. The molecule has 1 heterocycles. The lowest BCUT2D eigenvalue weighted by Crippen LogP contribution is -2.37. The minimum absolute atomic E-state index is 0.200. The van der Waals surface area contributed by atoms with Gasteiger partial charge in [0.05, 0.1) is 6.10 Å². The first kappa shape index (κ1) is 11.7. The molecule has 1 fully saturated rings. The quantitative estimate of drug-likeness (QED) is 0.776. The second-order valence-electron chi connectivity index (χ2n) is 4.37. The second-order valence-corrected chi connectivity index (χ2v) is 4.81. The first-order valence-electron chi connectivity index (χ1n) is 5.59. The van der Waals surface area contributed by atoms with E-state index in [0.29, 0.717) is 5.02 Å². The van der Waals surface area contributed by atoms with E-state index in [1.165, 1.54) is 0 Å². The molecule has 1 saturated heterocycles. The molecule has 88 valence electrons. The summed E-state index contributed by atoms with van der Waals surface area (Å²) >= 11 is 5.94. The van der Waals surface area contributed by atoms with Crippen molar-refractivity contribution in [3.8, 4) is 0 Å². The van der Waals surface area contributed by atoms with E-state index in [4.69, 9.17) is 17.3 Å². The fourth-order valence-corrected chi connectivity index (χ4v) is 2.32. The van der Waals surface area contributed by atoms with Crippen LogP contribution in [0.2, 0.25) is 5.02 Å². The van der Waals surface area contributed by atoms with Crippen molar-refractivity contribution in [3.05, 3.63) is 28.8 Å². The van der Waals surface area contributed by atoms with Crippen LogP contribution in [-0.4, -0.2) is 29.2 Å². The zero-order chi connectivity index (χ0) is 11.5. The first-order valence-corrected chi connectivity index (χ1v) is 5.97. The molecule has 0 spiro atoms. The van der Waals surface area contributed by atoms with Gasteiger partial charge in [0.2, 0.25) is 0 Å². The third-order valence-electron chi connectivity index (χ3n) is 2.98. The van der Waals surface area contributed by atoms with E-state index >= 15 is 0 Å². The fourth-order valence-electron chi connectivity index (χ4n) is 2.13. The van der Waals surface area contributed by atoms with Gasteiger partial charge in [0, 0.05) is 23.8 Å². The maximum Gasteiger partial charge on any atom is 0.0667 e. The molecule has 3 nitrogen and oxygen atoms in total. The number of β-amino-alcohol motifs (C(OH)–C–C–N with tert-alkyl or cyclic N) is 1. The standard InChI is InChI=1S/C12H17ClN2O/c13-10-3-4-12(14)9(6-10)7-15-5-1-2-11(16)8-15/h3-4,6,11,16H,1-2,5,7-8,14H2. The van der Waals surface area contributed by atoms with Crippen molar-refractivity contribution < 1.29 is 5.11 Å². The molecule has 16 heavy (non-hydrogen) atoms. The average molecular weight is 241 g/mol. The highest BCUT2D eigenvalue weighted by Gasteiger charge is 2.18. The van der Waals surface area contributed by atoms with Gasteiger partial charge >= 0.3 is 0 Å². The van der Waals surface area contributed by atoms with Crippen LogP contribution in [-0.2, 0) is 6.54 Å². The van der Waals surface area contributed by atoms with E-state index in [1.807, 2.05) is 12.1 Å². The maximum atomic E-state index is 9.58. The molecule has 0 bridgehead atoms. The fraction of sp³-hybridized carbons (Fsp3) is 0.500. The Balaban J connectivity index is 2.05. The number of halogens is 1. The van der Waals surface area contributed by atoms with Crippen molar-refractivity contribution in [3.63, 3.8) is 0 Å². The number of nitrogen functional groups attached to an aromatic ring is 1. The number of rotatable bonds is 2. The van der Waals surface area contributed by atoms with Crippen LogP contribution in [0.15, 0.2) is 18.2 Å². The lowest BCUT2D eigenvalue weighted by molar-refractivity contribution is 0.0669. The van der Waals surface area contributed by atoms with Crippen molar-refractivity contribution in [2.75, 3.05) is 18.8 Å². The topological polar surface area (TPSA) is 49.5 Å². The summed E-state index contributed by atoms with van der Waals surface area (Å²) in [5, 5.41) is 10.3. The molecule has 1 aromatic carbocycles. The number of nitrogens with zero attached hydrogens (tertiary/aromatic N) is 1. The molecule has 0 radical (unpaired) electrons. The van der Waals surface area contributed by atoms with Crippen LogP contribution < -0.4 is 5.73 Å². The van der Waals surface area contributed by atoms with Crippen LogP contribution in [0.3, 0.4) is 0 Å². The van der Waals surface area contributed by atoms with Gasteiger partial charge in [0.25, 0.3) is 0 Å². The molecular formula is C12H17ClN2O. The summed E-state index contributed by atoms with van der Waals surface area (Å²) in [6.45, 7) is 2.51. The Kier molecular flexibility index (Phi) is 3.69. The number of anilines is 1. The number of hydrogen-bond acceptors (Lipinski definition) is 3. The summed E-state index contributed by atoms with van der Waals surface area (Å²) in [4.78, 5) is 2.22. The average Bonchev–Trinajstić information content (AvgIpc) is 2.24. The summed E-state index contributed by atoms with van der Waals surface area (Å²) in [6, 6.07) is 5.53. The highest BCUT2D eigenvalue weighted by molar-refractivity contribution is 6.30. The first-order chi connectivity index (χ1) is 7.65. The summed E-state index contributed by atoms with van der Waals surface area (Å²) in [5.74, 6) is 0. The van der Waals surface area contributed by atoms with Crippen molar-refractivity contribution in [2.45, 2.75) is 25.5 Å². The Morgan fingerprint density at radius 3 is 3.06 bits per heavy atom. The third kappa shape index (κ3) is 2.88. The molecule has 0 saturated carbocycles. The van der Waals surface area contributed by atoms with E-state index < -0.39 is 0 Å². The van der Waals surface area contributed by atoms with Gasteiger partial charge in [-0.1, -0.05) is 11.6 Å². The number of hydrogen-bond donors (Lipinski definition) is 2. The van der Waals surface area contributed by atoms with E-state index in [9.17, 15) is 5.11 Å². The molecule has 3 N–H and O–H groups in total. The van der Waals surface area contributed by atoms with Crippen LogP contribution in [0, 0.1) is 0 Å². The molecule has 0 aliphatic carbocycles. The number of nitrogens with two attached hydrogens (primary N) is 1. The van der Waals surface area contributed by atoms with Crippen LogP contribution in [0.5, 0.6) is 0 Å². The van der Waals surface area contributed by atoms with E-state index in [1.54, 1.807) is 6.07 Å². The normalized spacial score (nSPS) is 22.2. The monoisotopic (exact) mass is 240 g/mol. The summed E-state index contributed by atoms with van der Waals surface area (Å²) < 4.78 is 0. The van der Waals surface area contributed by atoms with Crippen molar-refractivity contribution in [1.82, 2.24) is 4.90 Å². The Morgan fingerprint density at radius 1 is 1.50 bits per heavy atom. The van der Waals surface area contributed by atoms with Gasteiger partial charge in [-0.05, 0) is 43.1 Å². The molecule has 1 aliphatic heterocycles. The molecule has 2 rings (SSSR count). The highest BCUT2D eigenvalue weighted by atomic mass is 35.5. The van der Waals surface area contributed by atoms with Gasteiger partial charge in [0.15, 0.2) is 0 Å². The predicted molar refractivity (Wildman–Crippen MR) is 66.4 cm³/mol.